The highest BCUT2D eigenvalue weighted by atomic mass is 15.1. The summed E-state index contributed by atoms with van der Waals surface area (Å²) in [6.45, 7) is 8.93. The van der Waals surface area contributed by atoms with Crippen molar-refractivity contribution in [2.75, 3.05) is 24.5 Å². The molecule has 3 heteroatoms. The number of nitrogens with zero attached hydrogens (tertiary/aromatic N) is 2. The Hall–Kier alpha value is -1.09. The molecule has 0 unspecified atom stereocenters. The molecule has 2 rings (SSSR count). The number of pyridine rings is 1. The van der Waals surface area contributed by atoms with E-state index in [9.17, 15) is 0 Å². The number of rotatable bonds is 5. The van der Waals surface area contributed by atoms with Crippen LogP contribution in [0.5, 0.6) is 0 Å². The molecule has 0 saturated carbocycles. The predicted molar refractivity (Wildman–Crippen MR) is 76.8 cm³/mol. The monoisotopic (exact) mass is 247 g/mol. The van der Waals surface area contributed by atoms with E-state index in [1.165, 1.54) is 43.6 Å². The van der Waals surface area contributed by atoms with Crippen molar-refractivity contribution in [2.24, 2.45) is 5.92 Å². The molecule has 0 atom stereocenters. The molecule has 0 aromatic carbocycles. The van der Waals surface area contributed by atoms with Crippen LogP contribution >= 0.6 is 0 Å². The number of piperidine rings is 1. The molecule has 2 heterocycles. The molecule has 3 nitrogen and oxygen atoms in total. The van der Waals surface area contributed by atoms with Gasteiger partial charge in [-0.2, -0.15) is 0 Å². The van der Waals surface area contributed by atoms with Crippen LogP contribution in [0.1, 0.15) is 38.7 Å². The van der Waals surface area contributed by atoms with Crippen molar-refractivity contribution in [1.82, 2.24) is 10.3 Å². The van der Waals surface area contributed by atoms with Gasteiger partial charge in [0.1, 0.15) is 0 Å². The van der Waals surface area contributed by atoms with E-state index in [4.69, 9.17) is 0 Å². The molecule has 1 aliphatic heterocycles. The van der Waals surface area contributed by atoms with Crippen molar-refractivity contribution >= 4 is 5.69 Å². The minimum Gasteiger partial charge on any atom is -0.371 e. The second-order valence-corrected chi connectivity index (χ2v) is 5.35. The first-order chi connectivity index (χ1) is 8.81. The van der Waals surface area contributed by atoms with Crippen LogP contribution in [0.2, 0.25) is 0 Å². The lowest BCUT2D eigenvalue weighted by Crippen LogP contribution is -2.33. The van der Waals surface area contributed by atoms with Crippen molar-refractivity contribution in [3.63, 3.8) is 0 Å². The fraction of sp³-hybridized carbons (Fsp3) is 0.667. The Balaban J connectivity index is 2.02. The van der Waals surface area contributed by atoms with Gasteiger partial charge in [-0.1, -0.05) is 13.8 Å². The van der Waals surface area contributed by atoms with Crippen molar-refractivity contribution in [3.8, 4) is 0 Å². The van der Waals surface area contributed by atoms with Gasteiger partial charge < -0.3 is 10.2 Å². The van der Waals surface area contributed by atoms with Crippen molar-refractivity contribution in [3.05, 3.63) is 24.0 Å². The Labute approximate surface area is 111 Å². The summed E-state index contributed by atoms with van der Waals surface area (Å²) in [7, 11) is 0. The van der Waals surface area contributed by atoms with Gasteiger partial charge in [-0.15, -0.1) is 0 Å². The molecule has 1 saturated heterocycles. The average molecular weight is 247 g/mol. The highest BCUT2D eigenvalue weighted by Crippen LogP contribution is 2.25. The average Bonchev–Trinajstić information content (AvgIpc) is 2.41. The zero-order valence-electron chi connectivity index (χ0n) is 11.7. The third-order valence-electron chi connectivity index (χ3n) is 3.74. The number of hydrogen-bond acceptors (Lipinski definition) is 3. The molecule has 1 aromatic heterocycles. The number of nitrogens with one attached hydrogen (secondary N) is 1. The van der Waals surface area contributed by atoms with Gasteiger partial charge in [-0.3, -0.25) is 4.98 Å². The molecule has 1 fully saturated rings. The second-order valence-electron chi connectivity index (χ2n) is 5.35. The molecule has 100 valence electrons. The molecule has 0 spiro atoms. The first kappa shape index (κ1) is 13.3. The lowest BCUT2D eigenvalue weighted by molar-refractivity contribution is 0.437. The van der Waals surface area contributed by atoms with Gasteiger partial charge in [0, 0.05) is 43.3 Å². The van der Waals surface area contributed by atoms with Crippen LogP contribution in [0.4, 0.5) is 5.69 Å². The molecule has 1 aromatic rings. The van der Waals surface area contributed by atoms with E-state index in [1.54, 1.807) is 0 Å². The smallest absolute Gasteiger partial charge is 0.0442 e. The van der Waals surface area contributed by atoms with Crippen molar-refractivity contribution < 1.29 is 0 Å². The van der Waals surface area contributed by atoms with E-state index in [2.05, 4.69) is 35.1 Å². The molecule has 0 bridgehead atoms. The normalized spacial score (nSPS) is 17.1. The Bertz CT molecular complexity index is 357. The van der Waals surface area contributed by atoms with Gasteiger partial charge in [0.05, 0.1) is 0 Å². The van der Waals surface area contributed by atoms with Gasteiger partial charge in [-0.05, 0) is 37.8 Å². The highest BCUT2D eigenvalue weighted by Gasteiger charge is 2.17. The summed E-state index contributed by atoms with van der Waals surface area (Å²) in [5, 5.41) is 3.47. The Morgan fingerprint density at radius 1 is 1.39 bits per heavy atom. The van der Waals surface area contributed by atoms with Gasteiger partial charge in [0.2, 0.25) is 0 Å². The summed E-state index contributed by atoms with van der Waals surface area (Å²) >= 11 is 0. The van der Waals surface area contributed by atoms with Crippen LogP contribution in [-0.2, 0) is 6.54 Å². The van der Waals surface area contributed by atoms with Crippen LogP contribution in [0, 0.1) is 5.92 Å². The lowest BCUT2D eigenvalue weighted by Gasteiger charge is -2.33. The van der Waals surface area contributed by atoms with Crippen LogP contribution in [0.25, 0.3) is 0 Å². The zero-order valence-corrected chi connectivity index (χ0v) is 11.7. The highest BCUT2D eigenvalue weighted by molar-refractivity contribution is 5.52. The predicted octanol–water partition coefficient (Wildman–Crippen LogP) is 2.82. The molecular weight excluding hydrogens is 222 g/mol. The lowest BCUT2D eigenvalue weighted by atomic mass is 9.98. The zero-order chi connectivity index (χ0) is 12.8. The first-order valence-electron chi connectivity index (χ1n) is 7.19. The van der Waals surface area contributed by atoms with E-state index in [0.717, 1.165) is 19.0 Å². The maximum Gasteiger partial charge on any atom is 0.0442 e. The van der Waals surface area contributed by atoms with Crippen LogP contribution in [0.3, 0.4) is 0 Å². The fourth-order valence-corrected chi connectivity index (χ4v) is 2.51. The summed E-state index contributed by atoms with van der Waals surface area (Å²) in [5.74, 6) is 0.879. The molecular formula is C15H25N3. The number of anilines is 1. The van der Waals surface area contributed by atoms with E-state index >= 15 is 0 Å². The summed E-state index contributed by atoms with van der Waals surface area (Å²) in [5.41, 5.74) is 2.71. The summed E-state index contributed by atoms with van der Waals surface area (Å²) in [6, 6.07) is 2.17. The maximum atomic E-state index is 4.27. The van der Waals surface area contributed by atoms with E-state index in [1.807, 2.05) is 12.4 Å². The second kappa shape index (κ2) is 6.74. The molecule has 1 N–H and O–H groups in total. The topological polar surface area (TPSA) is 28.2 Å². The van der Waals surface area contributed by atoms with Crippen LogP contribution in [0.15, 0.2) is 18.5 Å². The van der Waals surface area contributed by atoms with E-state index in [-0.39, 0.29) is 0 Å². The molecule has 0 radical (unpaired) electrons. The number of hydrogen-bond donors (Lipinski definition) is 1. The summed E-state index contributed by atoms with van der Waals surface area (Å²) in [6.07, 6.45) is 7.72. The van der Waals surface area contributed by atoms with Gasteiger partial charge in [0.25, 0.3) is 0 Å². The Kier molecular flexibility index (Phi) is 5.00. The minimum atomic E-state index is 0.879. The largest absolute Gasteiger partial charge is 0.371 e. The standard InChI is InChI=1S/C15H25N3/c1-3-7-16-11-14-12-17-8-4-15(14)18-9-5-13(2)6-10-18/h4,8,12-13,16H,3,5-7,9-11H2,1-2H3. The number of aromatic nitrogens is 1. The third kappa shape index (κ3) is 3.45. The Morgan fingerprint density at radius 3 is 2.89 bits per heavy atom. The first-order valence-corrected chi connectivity index (χ1v) is 7.19. The van der Waals surface area contributed by atoms with Crippen molar-refractivity contribution in [2.45, 2.75) is 39.7 Å². The summed E-state index contributed by atoms with van der Waals surface area (Å²) < 4.78 is 0. The van der Waals surface area contributed by atoms with E-state index < -0.39 is 0 Å². The van der Waals surface area contributed by atoms with Crippen molar-refractivity contribution in [1.29, 1.82) is 0 Å². The van der Waals surface area contributed by atoms with Crippen LogP contribution < -0.4 is 10.2 Å². The molecule has 18 heavy (non-hydrogen) atoms. The molecule has 0 amide bonds. The fourth-order valence-electron chi connectivity index (χ4n) is 2.51. The van der Waals surface area contributed by atoms with Gasteiger partial charge >= 0.3 is 0 Å². The third-order valence-corrected chi connectivity index (χ3v) is 3.74. The Morgan fingerprint density at radius 2 is 2.17 bits per heavy atom. The maximum absolute atomic E-state index is 4.27. The quantitative estimate of drug-likeness (QED) is 0.811. The summed E-state index contributed by atoms with van der Waals surface area (Å²) in [4.78, 5) is 6.79. The molecule has 0 aliphatic carbocycles. The van der Waals surface area contributed by atoms with Crippen LogP contribution in [-0.4, -0.2) is 24.6 Å². The molecule has 1 aliphatic rings. The van der Waals surface area contributed by atoms with Gasteiger partial charge in [0.15, 0.2) is 0 Å². The van der Waals surface area contributed by atoms with Gasteiger partial charge in [-0.25, -0.2) is 0 Å². The minimum absolute atomic E-state index is 0.879. The van der Waals surface area contributed by atoms with E-state index in [0.29, 0.717) is 0 Å². The SMILES string of the molecule is CCCNCc1cnccc1N1CCC(C)CC1.